The standard InChI is InChI=1S/C9H4BrF3N2O/c10-8-15-14-7(16-8)5-3-1-2-4-6(5)9(11,12)13/h1-4H. The van der Waals surface area contributed by atoms with Gasteiger partial charge in [-0.3, -0.25) is 0 Å². The molecule has 0 bridgehead atoms. The van der Waals surface area contributed by atoms with Crippen LogP contribution in [0, 0.1) is 0 Å². The van der Waals surface area contributed by atoms with Gasteiger partial charge in [0, 0.05) is 15.9 Å². The molecule has 0 aliphatic rings. The fourth-order valence-corrected chi connectivity index (χ4v) is 1.46. The van der Waals surface area contributed by atoms with Gasteiger partial charge in [0.2, 0.25) is 5.89 Å². The van der Waals surface area contributed by atoms with Gasteiger partial charge in [0.15, 0.2) is 0 Å². The van der Waals surface area contributed by atoms with Crippen molar-refractivity contribution in [1.29, 1.82) is 0 Å². The Kier molecular flexibility index (Phi) is 2.71. The molecule has 0 fully saturated rings. The van der Waals surface area contributed by atoms with Crippen molar-refractivity contribution < 1.29 is 17.6 Å². The molecular weight excluding hydrogens is 289 g/mol. The van der Waals surface area contributed by atoms with Crippen molar-refractivity contribution in [2.75, 3.05) is 0 Å². The van der Waals surface area contributed by atoms with E-state index in [1.165, 1.54) is 18.2 Å². The Morgan fingerprint density at radius 1 is 1.12 bits per heavy atom. The average Bonchev–Trinajstić information content (AvgIpc) is 2.64. The van der Waals surface area contributed by atoms with E-state index in [1.54, 1.807) is 0 Å². The van der Waals surface area contributed by atoms with E-state index in [4.69, 9.17) is 4.42 Å². The Balaban J connectivity index is 2.57. The van der Waals surface area contributed by atoms with Crippen molar-refractivity contribution in [1.82, 2.24) is 10.2 Å². The first kappa shape index (κ1) is 11.1. The maximum Gasteiger partial charge on any atom is 0.417 e. The van der Waals surface area contributed by atoms with Crippen LogP contribution in [0.1, 0.15) is 5.56 Å². The lowest BCUT2D eigenvalue weighted by molar-refractivity contribution is -0.137. The minimum absolute atomic E-state index is 0.0412. The van der Waals surface area contributed by atoms with Crippen molar-refractivity contribution in [2.24, 2.45) is 0 Å². The first-order valence-electron chi connectivity index (χ1n) is 4.14. The summed E-state index contributed by atoms with van der Waals surface area (Å²) in [5, 5.41) is 6.95. The summed E-state index contributed by atoms with van der Waals surface area (Å²) < 4.78 is 42.8. The maximum absolute atomic E-state index is 12.6. The molecule has 0 N–H and O–H groups in total. The molecule has 16 heavy (non-hydrogen) atoms. The van der Waals surface area contributed by atoms with E-state index in [9.17, 15) is 13.2 Å². The lowest BCUT2D eigenvalue weighted by Crippen LogP contribution is -2.06. The predicted molar refractivity (Wildman–Crippen MR) is 52.4 cm³/mol. The fraction of sp³-hybridized carbons (Fsp3) is 0.111. The smallest absolute Gasteiger partial charge is 0.411 e. The van der Waals surface area contributed by atoms with Gasteiger partial charge in [-0.2, -0.15) is 13.2 Å². The predicted octanol–water partition coefficient (Wildman–Crippen LogP) is 3.52. The molecule has 0 amide bonds. The largest absolute Gasteiger partial charge is 0.417 e. The summed E-state index contributed by atoms with van der Waals surface area (Å²) in [4.78, 5) is 0.0412. The monoisotopic (exact) mass is 292 g/mol. The van der Waals surface area contributed by atoms with Gasteiger partial charge in [0.05, 0.1) is 11.1 Å². The zero-order valence-electron chi connectivity index (χ0n) is 7.62. The van der Waals surface area contributed by atoms with Crippen LogP contribution in [-0.4, -0.2) is 10.2 Å². The number of aromatic nitrogens is 2. The van der Waals surface area contributed by atoms with E-state index in [0.717, 1.165) is 6.07 Å². The van der Waals surface area contributed by atoms with Crippen LogP contribution < -0.4 is 0 Å². The van der Waals surface area contributed by atoms with Crippen LogP contribution in [0.25, 0.3) is 11.5 Å². The van der Waals surface area contributed by atoms with Gasteiger partial charge in [0.25, 0.3) is 4.80 Å². The zero-order chi connectivity index (χ0) is 11.8. The van der Waals surface area contributed by atoms with Crippen molar-refractivity contribution in [3.63, 3.8) is 0 Å². The van der Waals surface area contributed by atoms with Crippen LogP contribution in [-0.2, 0) is 6.18 Å². The highest BCUT2D eigenvalue weighted by Crippen LogP contribution is 2.36. The number of hydrogen-bond acceptors (Lipinski definition) is 3. The van der Waals surface area contributed by atoms with Gasteiger partial charge in [-0.05, 0) is 12.1 Å². The number of nitrogens with zero attached hydrogens (tertiary/aromatic N) is 2. The van der Waals surface area contributed by atoms with Crippen LogP contribution in [0.5, 0.6) is 0 Å². The second-order valence-corrected chi connectivity index (χ2v) is 3.58. The Morgan fingerprint density at radius 2 is 1.81 bits per heavy atom. The third-order valence-corrected chi connectivity index (χ3v) is 2.18. The minimum atomic E-state index is -4.45. The van der Waals surface area contributed by atoms with Gasteiger partial charge in [-0.1, -0.05) is 12.1 Å². The summed E-state index contributed by atoms with van der Waals surface area (Å²) in [5.41, 5.74) is -0.931. The molecule has 0 unspecified atom stereocenters. The number of benzene rings is 1. The van der Waals surface area contributed by atoms with Gasteiger partial charge in [-0.15, -0.1) is 10.2 Å². The van der Waals surface area contributed by atoms with E-state index in [1.807, 2.05) is 0 Å². The van der Waals surface area contributed by atoms with Crippen LogP contribution >= 0.6 is 15.9 Å². The molecular formula is C9H4BrF3N2O. The summed E-state index contributed by atoms with van der Waals surface area (Å²) in [6.07, 6.45) is -4.45. The molecule has 2 aromatic rings. The average molecular weight is 293 g/mol. The number of rotatable bonds is 1. The normalized spacial score (nSPS) is 11.8. The van der Waals surface area contributed by atoms with Crippen molar-refractivity contribution in [3.8, 4) is 11.5 Å². The molecule has 0 saturated carbocycles. The highest BCUT2D eigenvalue weighted by Gasteiger charge is 2.34. The summed E-state index contributed by atoms with van der Waals surface area (Å²) in [6, 6.07) is 5.02. The first-order valence-corrected chi connectivity index (χ1v) is 4.93. The number of alkyl halides is 3. The van der Waals surface area contributed by atoms with E-state index in [2.05, 4.69) is 26.1 Å². The number of halogens is 4. The topological polar surface area (TPSA) is 38.9 Å². The summed E-state index contributed by atoms with van der Waals surface area (Å²) in [5.74, 6) is -0.167. The van der Waals surface area contributed by atoms with Crippen molar-refractivity contribution in [2.45, 2.75) is 6.18 Å². The minimum Gasteiger partial charge on any atom is -0.411 e. The van der Waals surface area contributed by atoms with Crippen LogP contribution in [0.4, 0.5) is 13.2 Å². The third kappa shape index (κ3) is 2.08. The molecule has 0 aliphatic carbocycles. The molecule has 0 radical (unpaired) electrons. The second-order valence-electron chi connectivity index (χ2n) is 2.90. The lowest BCUT2D eigenvalue weighted by atomic mass is 10.1. The van der Waals surface area contributed by atoms with E-state index < -0.39 is 11.7 Å². The van der Waals surface area contributed by atoms with E-state index in [0.29, 0.717) is 0 Å². The van der Waals surface area contributed by atoms with Gasteiger partial charge >= 0.3 is 6.18 Å². The van der Waals surface area contributed by atoms with Gasteiger partial charge in [0.1, 0.15) is 0 Å². The second kappa shape index (κ2) is 3.89. The molecule has 0 aliphatic heterocycles. The molecule has 1 aromatic heterocycles. The maximum atomic E-state index is 12.6. The number of hydrogen-bond donors (Lipinski definition) is 0. The lowest BCUT2D eigenvalue weighted by Gasteiger charge is -2.09. The molecule has 1 heterocycles. The molecule has 0 saturated heterocycles. The van der Waals surface area contributed by atoms with Crippen LogP contribution in [0.2, 0.25) is 0 Å². The summed E-state index contributed by atoms with van der Waals surface area (Å²) >= 11 is 2.88. The molecule has 0 atom stereocenters. The Hall–Kier alpha value is -1.37. The Morgan fingerprint density at radius 3 is 2.38 bits per heavy atom. The van der Waals surface area contributed by atoms with Gasteiger partial charge < -0.3 is 4.42 Å². The SMILES string of the molecule is FC(F)(F)c1ccccc1-c1nnc(Br)o1. The summed E-state index contributed by atoms with van der Waals surface area (Å²) in [6.45, 7) is 0. The summed E-state index contributed by atoms with van der Waals surface area (Å²) in [7, 11) is 0. The highest BCUT2D eigenvalue weighted by molar-refractivity contribution is 9.10. The Labute approximate surface area is 96.4 Å². The molecule has 2 rings (SSSR count). The molecule has 1 aromatic carbocycles. The molecule has 84 valence electrons. The fourth-order valence-electron chi connectivity index (χ4n) is 1.23. The zero-order valence-corrected chi connectivity index (χ0v) is 9.21. The molecule has 0 spiro atoms. The van der Waals surface area contributed by atoms with E-state index in [-0.39, 0.29) is 16.3 Å². The van der Waals surface area contributed by atoms with Crippen molar-refractivity contribution >= 4 is 15.9 Å². The third-order valence-electron chi connectivity index (χ3n) is 1.86. The van der Waals surface area contributed by atoms with Crippen LogP contribution in [0.3, 0.4) is 0 Å². The van der Waals surface area contributed by atoms with Gasteiger partial charge in [-0.25, -0.2) is 0 Å². The Bertz CT molecular complexity index is 509. The van der Waals surface area contributed by atoms with E-state index >= 15 is 0 Å². The molecule has 3 nitrogen and oxygen atoms in total. The van der Waals surface area contributed by atoms with Crippen molar-refractivity contribution in [3.05, 3.63) is 34.6 Å². The quantitative estimate of drug-likeness (QED) is 0.807. The highest BCUT2D eigenvalue weighted by atomic mass is 79.9. The molecule has 7 heteroatoms. The first-order chi connectivity index (χ1) is 7.48. The van der Waals surface area contributed by atoms with Crippen LogP contribution in [0.15, 0.2) is 33.5 Å².